The van der Waals surface area contributed by atoms with Crippen molar-refractivity contribution in [3.63, 3.8) is 0 Å². The van der Waals surface area contributed by atoms with E-state index in [0.29, 0.717) is 32.1 Å². The molecule has 1 saturated heterocycles. The van der Waals surface area contributed by atoms with Crippen LogP contribution in [-0.4, -0.2) is 60.5 Å². The molecule has 2 aliphatic rings. The van der Waals surface area contributed by atoms with Gasteiger partial charge in [0.05, 0.1) is 6.04 Å². The fourth-order valence-corrected chi connectivity index (χ4v) is 4.53. The summed E-state index contributed by atoms with van der Waals surface area (Å²) in [6.07, 6.45) is 4.68. The number of piperazine rings is 1. The predicted octanol–water partition coefficient (Wildman–Crippen LogP) is 2.52. The molecule has 1 aromatic rings. The second kappa shape index (κ2) is 9.92. The number of benzene rings is 1. The molecule has 0 bridgehead atoms. The molecule has 0 spiro atoms. The molecule has 6 heteroatoms. The third-order valence-electron chi connectivity index (χ3n) is 5.99. The molecule has 154 valence electrons. The number of nitrogens with one attached hydrogen (secondary N) is 2. The maximum Gasteiger partial charge on any atom is 0.317 e. The zero-order valence-corrected chi connectivity index (χ0v) is 17.2. The van der Waals surface area contributed by atoms with Crippen molar-refractivity contribution in [3.8, 4) is 0 Å². The van der Waals surface area contributed by atoms with E-state index in [1.165, 1.54) is 18.4 Å². The van der Waals surface area contributed by atoms with E-state index < -0.39 is 0 Å². The fraction of sp³-hybridized carbons (Fsp3) is 0.636. The van der Waals surface area contributed by atoms with Crippen molar-refractivity contribution in [2.75, 3.05) is 32.7 Å². The van der Waals surface area contributed by atoms with E-state index >= 15 is 0 Å². The highest BCUT2D eigenvalue weighted by Gasteiger charge is 2.37. The molecular weight excluding hydrogens is 352 g/mol. The Morgan fingerprint density at radius 2 is 1.82 bits per heavy atom. The van der Waals surface area contributed by atoms with Crippen LogP contribution in [0.3, 0.4) is 0 Å². The first-order valence-corrected chi connectivity index (χ1v) is 10.7. The summed E-state index contributed by atoms with van der Waals surface area (Å²) in [7, 11) is 0. The Kier molecular flexibility index (Phi) is 7.31. The SMILES string of the molecule is CCNC(=O)N1CCN([C@H](C(=O)NCc2cccc(C)c2)C2CCCC2)CC1. The van der Waals surface area contributed by atoms with Crippen LogP contribution in [0, 0.1) is 12.8 Å². The van der Waals surface area contributed by atoms with Crippen LogP contribution in [0.2, 0.25) is 0 Å². The van der Waals surface area contributed by atoms with Crippen LogP contribution < -0.4 is 10.6 Å². The number of hydrogen-bond donors (Lipinski definition) is 2. The zero-order chi connectivity index (χ0) is 19.9. The monoisotopic (exact) mass is 386 g/mol. The summed E-state index contributed by atoms with van der Waals surface area (Å²) in [5.74, 6) is 0.563. The number of urea groups is 1. The van der Waals surface area contributed by atoms with E-state index in [2.05, 4.69) is 40.7 Å². The molecule has 6 nitrogen and oxygen atoms in total. The average Bonchev–Trinajstić information content (AvgIpc) is 3.21. The minimum absolute atomic E-state index is 0.00321. The van der Waals surface area contributed by atoms with Crippen LogP contribution in [-0.2, 0) is 11.3 Å². The molecule has 28 heavy (non-hydrogen) atoms. The van der Waals surface area contributed by atoms with Crippen molar-refractivity contribution in [2.24, 2.45) is 5.92 Å². The van der Waals surface area contributed by atoms with E-state index in [-0.39, 0.29) is 18.0 Å². The largest absolute Gasteiger partial charge is 0.351 e. The number of aryl methyl sites for hydroxylation is 1. The number of nitrogens with zero attached hydrogens (tertiary/aromatic N) is 2. The molecule has 2 fully saturated rings. The van der Waals surface area contributed by atoms with Crippen LogP contribution in [0.25, 0.3) is 0 Å². The summed E-state index contributed by atoms with van der Waals surface area (Å²) < 4.78 is 0. The molecule has 1 aliphatic carbocycles. The Balaban J connectivity index is 1.61. The van der Waals surface area contributed by atoms with Crippen LogP contribution >= 0.6 is 0 Å². The number of carbonyl (C=O) groups excluding carboxylic acids is 2. The second-order valence-electron chi connectivity index (χ2n) is 8.05. The van der Waals surface area contributed by atoms with Crippen LogP contribution in [0.15, 0.2) is 24.3 Å². The summed E-state index contributed by atoms with van der Waals surface area (Å²) in [5, 5.41) is 6.05. The number of carbonyl (C=O) groups is 2. The highest BCUT2D eigenvalue weighted by molar-refractivity contribution is 5.82. The van der Waals surface area contributed by atoms with Gasteiger partial charge in [-0.2, -0.15) is 0 Å². The first-order valence-electron chi connectivity index (χ1n) is 10.7. The van der Waals surface area contributed by atoms with Crippen molar-refractivity contribution >= 4 is 11.9 Å². The van der Waals surface area contributed by atoms with Gasteiger partial charge in [0.15, 0.2) is 0 Å². The van der Waals surface area contributed by atoms with E-state index in [9.17, 15) is 9.59 Å². The fourth-order valence-electron chi connectivity index (χ4n) is 4.53. The van der Waals surface area contributed by atoms with Gasteiger partial charge in [-0.3, -0.25) is 9.69 Å². The van der Waals surface area contributed by atoms with Crippen molar-refractivity contribution in [3.05, 3.63) is 35.4 Å². The van der Waals surface area contributed by atoms with Crippen LogP contribution in [0.4, 0.5) is 4.79 Å². The van der Waals surface area contributed by atoms with Crippen molar-refractivity contribution in [2.45, 2.75) is 52.1 Å². The lowest BCUT2D eigenvalue weighted by Gasteiger charge is -2.40. The lowest BCUT2D eigenvalue weighted by atomic mass is 9.95. The molecule has 1 aromatic carbocycles. The van der Waals surface area contributed by atoms with Gasteiger partial charge in [-0.1, -0.05) is 42.7 Å². The molecule has 3 rings (SSSR count). The summed E-state index contributed by atoms with van der Waals surface area (Å²) >= 11 is 0. The molecule has 1 saturated carbocycles. The first-order chi connectivity index (χ1) is 13.6. The topological polar surface area (TPSA) is 64.7 Å². The molecule has 0 radical (unpaired) electrons. The first kappa shape index (κ1) is 20.6. The molecule has 0 unspecified atom stereocenters. The quantitative estimate of drug-likeness (QED) is 0.790. The smallest absolute Gasteiger partial charge is 0.317 e. The van der Waals surface area contributed by atoms with Gasteiger partial charge in [-0.05, 0) is 38.2 Å². The van der Waals surface area contributed by atoms with Crippen LogP contribution in [0.1, 0.15) is 43.7 Å². The van der Waals surface area contributed by atoms with Gasteiger partial charge in [0.2, 0.25) is 5.91 Å². The summed E-state index contributed by atoms with van der Waals surface area (Å²) in [4.78, 5) is 29.4. The molecular formula is C22H34N4O2. The minimum atomic E-state index is -0.0799. The molecule has 2 N–H and O–H groups in total. The number of rotatable bonds is 6. The Bertz CT molecular complexity index is 664. The highest BCUT2D eigenvalue weighted by atomic mass is 16.2. The normalized spacial score (nSPS) is 19.4. The molecule has 3 amide bonds. The molecule has 1 aliphatic heterocycles. The Hall–Kier alpha value is -2.08. The third kappa shape index (κ3) is 5.25. The highest BCUT2D eigenvalue weighted by Crippen LogP contribution is 2.31. The molecule has 1 atom stereocenters. The summed E-state index contributed by atoms with van der Waals surface area (Å²) in [6.45, 7) is 8.10. The Morgan fingerprint density at radius 3 is 2.46 bits per heavy atom. The van der Waals surface area contributed by atoms with Crippen molar-refractivity contribution in [1.29, 1.82) is 0 Å². The lowest BCUT2D eigenvalue weighted by Crippen LogP contribution is -2.58. The number of amides is 3. The zero-order valence-electron chi connectivity index (χ0n) is 17.2. The Morgan fingerprint density at radius 1 is 1.11 bits per heavy atom. The molecule has 0 aromatic heterocycles. The summed E-state index contributed by atoms with van der Waals surface area (Å²) in [5.41, 5.74) is 2.35. The van der Waals surface area contributed by atoms with Gasteiger partial charge in [0.25, 0.3) is 0 Å². The molecule has 1 heterocycles. The maximum atomic E-state index is 13.2. The van der Waals surface area contributed by atoms with E-state index in [1.807, 2.05) is 17.9 Å². The minimum Gasteiger partial charge on any atom is -0.351 e. The van der Waals surface area contributed by atoms with E-state index in [4.69, 9.17) is 0 Å². The van der Waals surface area contributed by atoms with Gasteiger partial charge >= 0.3 is 6.03 Å². The standard InChI is InChI=1S/C22H34N4O2/c1-3-23-22(28)26-13-11-25(12-14-26)20(19-9-4-5-10-19)21(27)24-16-18-8-6-7-17(2)15-18/h6-8,15,19-20H,3-5,9-14,16H2,1-2H3,(H,23,28)(H,24,27)/t20-/m0/s1. The van der Waals surface area contributed by atoms with Gasteiger partial charge in [-0.25, -0.2) is 4.79 Å². The summed E-state index contributed by atoms with van der Waals surface area (Å²) in [6, 6.07) is 8.21. The van der Waals surface area contributed by atoms with E-state index in [1.54, 1.807) is 0 Å². The second-order valence-corrected chi connectivity index (χ2v) is 8.05. The third-order valence-corrected chi connectivity index (χ3v) is 5.99. The van der Waals surface area contributed by atoms with Crippen LogP contribution in [0.5, 0.6) is 0 Å². The Labute approximate surface area is 168 Å². The number of hydrogen-bond acceptors (Lipinski definition) is 3. The van der Waals surface area contributed by atoms with Crippen molar-refractivity contribution < 1.29 is 9.59 Å². The van der Waals surface area contributed by atoms with Gasteiger partial charge in [-0.15, -0.1) is 0 Å². The lowest BCUT2D eigenvalue weighted by molar-refractivity contribution is -0.129. The van der Waals surface area contributed by atoms with Gasteiger partial charge in [0.1, 0.15) is 0 Å². The van der Waals surface area contributed by atoms with Crippen molar-refractivity contribution in [1.82, 2.24) is 20.4 Å². The average molecular weight is 387 g/mol. The maximum absolute atomic E-state index is 13.2. The van der Waals surface area contributed by atoms with E-state index in [0.717, 1.165) is 31.5 Å². The van der Waals surface area contributed by atoms with Gasteiger partial charge in [0, 0.05) is 39.3 Å². The van der Waals surface area contributed by atoms with Gasteiger partial charge < -0.3 is 15.5 Å². The predicted molar refractivity (Wildman–Crippen MR) is 111 cm³/mol.